The first kappa shape index (κ1) is 13.4. The van der Waals surface area contributed by atoms with E-state index in [1.54, 1.807) is 0 Å². The Hall–Kier alpha value is -1.03. The highest BCUT2D eigenvalue weighted by molar-refractivity contribution is 5.25. The summed E-state index contributed by atoms with van der Waals surface area (Å²) in [6.45, 7) is 2.00. The molecule has 2 rings (SSSR count). The summed E-state index contributed by atoms with van der Waals surface area (Å²) in [4.78, 5) is 0. The Morgan fingerprint density at radius 1 is 1.06 bits per heavy atom. The molecule has 1 atom stereocenters. The predicted molar refractivity (Wildman–Crippen MR) is 64.4 cm³/mol. The molecule has 100 valence electrons. The molecule has 1 aromatic carbocycles. The summed E-state index contributed by atoms with van der Waals surface area (Å²) < 4.78 is 39.9. The molecule has 18 heavy (non-hydrogen) atoms. The van der Waals surface area contributed by atoms with Crippen LogP contribution in [0.3, 0.4) is 0 Å². The van der Waals surface area contributed by atoms with Gasteiger partial charge in [-0.1, -0.05) is 32.3 Å². The van der Waals surface area contributed by atoms with Crippen molar-refractivity contribution in [1.82, 2.24) is 0 Å². The highest BCUT2D eigenvalue weighted by Gasteiger charge is 2.36. The van der Waals surface area contributed by atoms with Crippen LogP contribution in [0.4, 0.5) is 13.2 Å². The van der Waals surface area contributed by atoms with Gasteiger partial charge < -0.3 is 5.73 Å². The summed E-state index contributed by atoms with van der Waals surface area (Å²) in [5, 5.41) is 0. The minimum atomic E-state index is -1.43. The highest BCUT2D eigenvalue weighted by Crippen LogP contribution is 2.45. The average Bonchev–Trinajstić information content (AvgIpc) is 2.36. The Bertz CT molecular complexity index is 439. The summed E-state index contributed by atoms with van der Waals surface area (Å²) in [5.74, 6) is -3.74. The van der Waals surface area contributed by atoms with Gasteiger partial charge in [0.1, 0.15) is 0 Å². The maximum atomic E-state index is 13.7. The van der Waals surface area contributed by atoms with Crippen LogP contribution in [0.25, 0.3) is 0 Å². The topological polar surface area (TPSA) is 26.0 Å². The van der Waals surface area contributed by atoms with Gasteiger partial charge in [-0.2, -0.15) is 0 Å². The lowest BCUT2D eigenvalue weighted by Crippen LogP contribution is -2.34. The third-order valence-electron chi connectivity index (χ3n) is 4.15. The molecule has 0 bridgehead atoms. The van der Waals surface area contributed by atoms with Crippen molar-refractivity contribution in [3.05, 3.63) is 35.1 Å². The lowest BCUT2D eigenvalue weighted by molar-refractivity contribution is 0.167. The molecule has 0 radical (unpaired) electrons. The molecule has 4 heteroatoms. The van der Waals surface area contributed by atoms with Crippen molar-refractivity contribution in [2.45, 2.75) is 45.1 Å². The van der Waals surface area contributed by atoms with Crippen LogP contribution >= 0.6 is 0 Å². The highest BCUT2D eigenvalue weighted by atomic mass is 19.2. The van der Waals surface area contributed by atoms with E-state index in [1.165, 1.54) is 6.07 Å². The molecule has 1 fully saturated rings. The molecule has 0 saturated heterocycles. The quantitative estimate of drug-likeness (QED) is 0.794. The summed E-state index contributed by atoms with van der Waals surface area (Å²) in [6, 6.07) is 1.62. The van der Waals surface area contributed by atoms with Gasteiger partial charge in [0.2, 0.25) is 0 Å². The summed E-state index contributed by atoms with van der Waals surface area (Å²) in [5.41, 5.74) is 5.94. The molecule has 1 nitrogen and oxygen atoms in total. The smallest absolute Gasteiger partial charge is 0.194 e. The van der Waals surface area contributed by atoms with Crippen molar-refractivity contribution in [2.24, 2.45) is 11.1 Å². The zero-order valence-corrected chi connectivity index (χ0v) is 10.5. The Kier molecular flexibility index (Phi) is 3.66. The normalized spacial score (nSPS) is 20.7. The number of rotatable bonds is 2. The molecular formula is C14H18F3N. The minimum Gasteiger partial charge on any atom is -0.323 e. The van der Waals surface area contributed by atoms with Crippen LogP contribution in [-0.4, -0.2) is 0 Å². The standard InChI is InChI=1S/C14H18F3N/c1-14(7-3-2-4-8-14)13(18)9-5-6-10(15)12(17)11(9)16/h5-6,13H,2-4,7-8,18H2,1H3. The zero-order chi connectivity index (χ0) is 13.3. The van der Waals surface area contributed by atoms with Gasteiger partial charge >= 0.3 is 0 Å². The van der Waals surface area contributed by atoms with Crippen molar-refractivity contribution >= 4 is 0 Å². The molecule has 0 aromatic heterocycles. The third-order valence-corrected chi connectivity index (χ3v) is 4.15. The van der Waals surface area contributed by atoms with Crippen molar-refractivity contribution in [3.8, 4) is 0 Å². The van der Waals surface area contributed by atoms with Crippen molar-refractivity contribution in [3.63, 3.8) is 0 Å². The van der Waals surface area contributed by atoms with Gasteiger partial charge in [-0.15, -0.1) is 0 Å². The molecule has 1 unspecified atom stereocenters. The summed E-state index contributed by atoms with van der Waals surface area (Å²) in [6.07, 6.45) is 5.05. The fourth-order valence-corrected chi connectivity index (χ4v) is 2.83. The van der Waals surface area contributed by atoms with E-state index in [0.717, 1.165) is 38.2 Å². The number of hydrogen-bond donors (Lipinski definition) is 1. The molecule has 1 aliphatic rings. The van der Waals surface area contributed by atoms with Crippen molar-refractivity contribution in [1.29, 1.82) is 0 Å². The second-order valence-electron chi connectivity index (χ2n) is 5.46. The molecular weight excluding hydrogens is 239 g/mol. The molecule has 1 aromatic rings. The first-order valence-electron chi connectivity index (χ1n) is 6.35. The maximum absolute atomic E-state index is 13.7. The maximum Gasteiger partial charge on any atom is 0.194 e. The second kappa shape index (κ2) is 4.92. The zero-order valence-electron chi connectivity index (χ0n) is 10.5. The van der Waals surface area contributed by atoms with Gasteiger partial charge in [0, 0.05) is 11.6 Å². The van der Waals surface area contributed by atoms with Crippen LogP contribution in [0, 0.1) is 22.9 Å². The van der Waals surface area contributed by atoms with Crippen LogP contribution in [0.15, 0.2) is 12.1 Å². The van der Waals surface area contributed by atoms with Gasteiger partial charge in [-0.05, 0) is 24.3 Å². The SMILES string of the molecule is CC1(C(N)c2ccc(F)c(F)c2F)CCCCC1. The first-order chi connectivity index (χ1) is 8.46. The fourth-order valence-electron chi connectivity index (χ4n) is 2.83. The van der Waals surface area contributed by atoms with Gasteiger partial charge in [0.05, 0.1) is 0 Å². The van der Waals surface area contributed by atoms with Crippen molar-refractivity contribution in [2.75, 3.05) is 0 Å². The lowest BCUT2D eigenvalue weighted by Gasteiger charge is -2.39. The first-order valence-corrected chi connectivity index (χ1v) is 6.35. The molecule has 0 amide bonds. The summed E-state index contributed by atoms with van der Waals surface area (Å²) >= 11 is 0. The van der Waals surface area contributed by atoms with E-state index in [2.05, 4.69) is 0 Å². The Morgan fingerprint density at radius 3 is 2.28 bits per heavy atom. The molecule has 2 N–H and O–H groups in total. The molecule has 1 aliphatic carbocycles. The van der Waals surface area contributed by atoms with Gasteiger partial charge in [-0.3, -0.25) is 0 Å². The number of nitrogens with two attached hydrogens (primary N) is 1. The predicted octanol–water partition coefficient (Wildman–Crippen LogP) is 4.07. The van der Waals surface area contributed by atoms with Crippen LogP contribution < -0.4 is 5.73 Å². The number of hydrogen-bond acceptors (Lipinski definition) is 1. The largest absolute Gasteiger partial charge is 0.323 e. The minimum absolute atomic E-state index is 0.0818. The monoisotopic (exact) mass is 257 g/mol. The molecule has 0 aliphatic heterocycles. The molecule has 0 heterocycles. The Balaban J connectivity index is 2.33. The van der Waals surface area contributed by atoms with Crippen LogP contribution in [0.5, 0.6) is 0 Å². The van der Waals surface area contributed by atoms with Gasteiger partial charge in [0.15, 0.2) is 17.5 Å². The van der Waals surface area contributed by atoms with Gasteiger partial charge in [0.25, 0.3) is 0 Å². The van der Waals surface area contributed by atoms with E-state index >= 15 is 0 Å². The van der Waals surface area contributed by atoms with Crippen LogP contribution in [0.1, 0.15) is 50.6 Å². The summed E-state index contributed by atoms with van der Waals surface area (Å²) in [7, 11) is 0. The van der Waals surface area contributed by atoms with E-state index < -0.39 is 23.5 Å². The Morgan fingerprint density at radius 2 is 1.67 bits per heavy atom. The van der Waals surface area contributed by atoms with Crippen LogP contribution in [-0.2, 0) is 0 Å². The van der Waals surface area contributed by atoms with Gasteiger partial charge in [-0.25, -0.2) is 13.2 Å². The fraction of sp³-hybridized carbons (Fsp3) is 0.571. The average molecular weight is 257 g/mol. The molecule has 0 spiro atoms. The molecule has 1 saturated carbocycles. The third kappa shape index (κ3) is 2.26. The van der Waals surface area contributed by atoms with E-state index in [-0.39, 0.29) is 11.0 Å². The Labute approximate surface area is 105 Å². The van der Waals surface area contributed by atoms with E-state index in [9.17, 15) is 13.2 Å². The second-order valence-corrected chi connectivity index (χ2v) is 5.46. The van der Waals surface area contributed by atoms with Crippen molar-refractivity contribution < 1.29 is 13.2 Å². The van der Waals surface area contributed by atoms with Crippen LogP contribution in [0.2, 0.25) is 0 Å². The van der Waals surface area contributed by atoms with E-state index in [4.69, 9.17) is 5.73 Å². The van der Waals surface area contributed by atoms with E-state index in [0.29, 0.717) is 0 Å². The lowest BCUT2D eigenvalue weighted by atomic mass is 9.69. The number of benzene rings is 1. The van der Waals surface area contributed by atoms with E-state index in [1.807, 2.05) is 6.92 Å². The number of halogens is 3.